The molecule has 1 saturated heterocycles. The Kier molecular flexibility index (Phi) is 4.81. The second-order valence-corrected chi connectivity index (χ2v) is 6.40. The number of nitrogens with one attached hydrogen (secondary N) is 1. The normalized spacial score (nSPS) is 16.4. The molecule has 0 spiro atoms. The molecule has 0 radical (unpaired) electrons. The van der Waals surface area contributed by atoms with Crippen LogP contribution >= 0.6 is 27.3 Å². The first-order valence-corrected chi connectivity index (χ1v) is 7.72. The van der Waals surface area contributed by atoms with Crippen molar-refractivity contribution >= 4 is 39.3 Å². The molecule has 0 aliphatic carbocycles. The van der Waals surface area contributed by atoms with E-state index in [-0.39, 0.29) is 11.9 Å². The van der Waals surface area contributed by atoms with Gasteiger partial charge in [0.2, 0.25) is 0 Å². The first kappa shape index (κ1) is 14.3. The van der Waals surface area contributed by atoms with Crippen LogP contribution < -0.4 is 5.32 Å². The minimum atomic E-state index is -0.761. The lowest BCUT2D eigenvalue weighted by atomic mass is 9.97. The molecular weight excluding hydrogens is 332 g/mol. The van der Waals surface area contributed by atoms with E-state index < -0.39 is 5.97 Å². The molecule has 2 N–H and O–H groups in total. The summed E-state index contributed by atoms with van der Waals surface area (Å²) >= 11 is 4.95. The van der Waals surface area contributed by atoms with Crippen molar-refractivity contribution in [1.82, 2.24) is 10.2 Å². The third-order valence-corrected chi connectivity index (χ3v) is 4.86. The van der Waals surface area contributed by atoms with Crippen molar-refractivity contribution in [1.29, 1.82) is 0 Å². The van der Waals surface area contributed by atoms with Crippen LogP contribution in [-0.2, 0) is 11.3 Å². The molecule has 2 amide bonds. The summed E-state index contributed by atoms with van der Waals surface area (Å²) in [4.78, 5) is 25.5. The lowest BCUT2D eigenvalue weighted by molar-refractivity contribution is -0.143. The minimum absolute atomic E-state index is 0.117. The second-order valence-electron chi connectivity index (χ2n) is 4.49. The van der Waals surface area contributed by atoms with Crippen LogP contribution in [0.2, 0.25) is 0 Å². The van der Waals surface area contributed by atoms with Crippen molar-refractivity contribution < 1.29 is 14.7 Å². The quantitative estimate of drug-likeness (QED) is 0.883. The molecule has 1 aromatic rings. The van der Waals surface area contributed by atoms with Gasteiger partial charge in [-0.15, -0.1) is 11.3 Å². The van der Waals surface area contributed by atoms with Crippen LogP contribution in [-0.4, -0.2) is 35.1 Å². The van der Waals surface area contributed by atoms with Crippen molar-refractivity contribution in [2.75, 3.05) is 13.1 Å². The zero-order valence-electron chi connectivity index (χ0n) is 10.3. The van der Waals surface area contributed by atoms with Gasteiger partial charge in [-0.1, -0.05) is 0 Å². The van der Waals surface area contributed by atoms with Gasteiger partial charge in [0.1, 0.15) is 0 Å². The molecule has 1 aliphatic rings. The maximum absolute atomic E-state index is 11.9. The molecule has 0 saturated carbocycles. The average Bonchev–Trinajstić information content (AvgIpc) is 2.82. The molecule has 19 heavy (non-hydrogen) atoms. The van der Waals surface area contributed by atoms with E-state index in [1.165, 1.54) is 0 Å². The number of likely N-dealkylation sites (tertiary alicyclic amines) is 1. The van der Waals surface area contributed by atoms with Crippen molar-refractivity contribution in [3.63, 3.8) is 0 Å². The summed E-state index contributed by atoms with van der Waals surface area (Å²) in [5, 5.41) is 13.7. The minimum Gasteiger partial charge on any atom is -0.481 e. The predicted octanol–water partition coefficient (Wildman–Crippen LogP) is 2.52. The van der Waals surface area contributed by atoms with Crippen molar-refractivity contribution in [3.8, 4) is 0 Å². The standard InChI is InChI=1S/C12H15BrN2O3S/c13-9-5-10(19-7-9)6-14-12(18)15-3-1-8(2-4-15)11(16)17/h5,7-8H,1-4,6H2,(H,14,18)(H,16,17). The van der Waals surface area contributed by atoms with Gasteiger partial charge in [-0.25, -0.2) is 4.79 Å². The highest BCUT2D eigenvalue weighted by Gasteiger charge is 2.26. The van der Waals surface area contributed by atoms with E-state index in [9.17, 15) is 9.59 Å². The fraction of sp³-hybridized carbons (Fsp3) is 0.500. The third kappa shape index (κ3) is 3.94. The molecule has 0 atom stereocenters. The largest absolute Gasteiger partial charge is 0.481 e. The number of halogens is 1. The Balaban J connectivity index is 1.77. The summed E-state index contributed by atoms with van der Waals surface area (Å²) in [6, 6.07) is 1.86. The highest BCUT2D eigenvalue weighted by Crippen LogP contribution is 2.20. The number of carboxylic acid groups (broad SMARTS) is 1. The van der Waals surface area contributed by atoms with E-state index in [0.717, 1.165) is 9.35 Å². The van der Waals surface area contributed by atoms with E-state index in [2.05, 4.69) is 21.2 Å². The van der Waals surface area contributed by atoms with Gasteiger partial charge in [-0.3, -0.25) is 4.79 Å². The molecule has 5 nitrogen and oxygen atoms in total. The van der Waals surface area contributed by atoms with E-state index in [1.807, 2.05) is 11.4 Å². The summed E-state index contributed by atoms with van der Waals surface area (Å²) in [5.41, 5.74) is 0. The zero-order chi connectivity index (χ0) is 13.8. The van der Waals surface area contributed by atoms with Gasteiger partial charge in [0.15, 0.2) is 0 Å². The number of hydrogen-bond acceptors (Lipinski definition) is 3. The number of rotatable bonds is 3. The van der Waals surface area contributed by atoms with E-state index in [4.69, 9.17) is 5.11 Å². The van der Waals surface area contributed by atoms with E-state index in [1.54, 1.807) is 16.2 Å². The Morgan fingerprint density at radius 2 is 2.16 bits per heavy atom. The fourth-order valence-electron chi connectivity index (χ4n) is 2.05. The SMILES string of the molecule is O=C(O)C1CCN(C(=O)NCc2cc(Br)cs2)CC1. The number of nitrogens with zero attached hydrogens (tertiary/aromatic N) is 1. The van der Waals surface area contributed by atoms with Crippen LogP contribution in [0.1, 0.15) is 17.7 Å². The van der Waals surface area contributed by atoms with Crippen LogP contribution in [0, 0.1) is 5.92 Å². The molecule has 2 rings (SSSR count). The van der Waals surface area contributed by atoms with Gasteiger partial charge in [-0.2, -0.15) is 0 Å². The number of thiophene rings is 1. The molecule has 1 fully saturated rings. The Hall–Kier alpha value is -1.08. The molecule has 7 heteroatoms. The lowest BCUT2D eigenvalue weighted by Gasteiger charge is -2.30. The Labute approximate surface area is 123 Å². The monoisotopic (exact) mass is 346 g/mol. The van der Waals surface area contributed by atoms with E-state index >= 15 is 0 Å². The average molecular weight is 347 g/mol. The topological polar surface area (TPSA) is 69.6 Å². The second kappa shape index (κ2) is 6.38. The Bertz CT molecular complexity index is 469. The first-order chi connectivity index (χ1) is 9.06. The number of carboxylic acids is 1. The van der Waals surface area contributed by atoms with Gasteiger partial charge >= 0.3 is 12.0 Å². The van der Waals surface area contributed by atoms with Crippen LogP contribution in [0.3, 0.4) is 0 Å². The maximum atomic E-state index is 11.9. The molecule has 1 aliphatic heterocycles. The van der Waals surface area contributed by atoms with Gasteiger partial charge in [0.05, 0.1) is 12.5 Å². The molecule has 1 aromatic heterocycles. The lowest BCUT2D eigenvalue weighted by Crippen LogP contribution is -2.45. The maximum Gasteiger partial charge on any atom is 0.317 e. The number of carbonyl (C=O) groups is 2. The molecule has 0 bridgehead atoms. The molecule has 0 aromatic carbocycles. The van der Waals surface area contributed by atoms with Crippen LogP contribution in [0.15, 0.2) is 15.9 Å². The fourth-order valence-corrected chi connectivity index (χ4v) is 3.44. The van der Waals surface area contributed by atoms with Crippen LogP contribution in [0.5, 0.6) is 0 Å². The zero-order valence-corrected chi connectivity index (χ0v) is 12.7. The summed E-state index contributed by atoms with van der Waals surface area (Å²) in [6.45, 7) is 1.53. The highest BCUT2D eigenvalue weighted by molar-refractivity contribution is 9.10. The van der Waals surface area contributed by atoms with Gasteiger partial charge in [-0.05, 0) is 34.8 Å². The third-order valence-electron chi connectivity index (χ3n) is 3.17. The van der Waals surface area contributed by atoms with Gasteiger partial charge in [0.25, 0.3) is 0 Å². The van der Waals surface area contributed by atoms with Crippen LogP contribution in [0.4, 0.5) is 4.79 Å². The smallest absolute Gasteiger partial charge is 0.317 e. The van der Waals surface area contributed by atoms with Gasteiger partial charge in [0, 0.05) is 27.8 Å². The number of amides is 2. The molecule has 0 unspecified atom stereocenters. The number of urea groups is 1. The first-order valence-electron chi connectivity index (χ1n) is 6.05. The predicted molar refractivity (Wildman–Crippen MR) is 76.2 cm³/mol. The molecular formula is C12H15BrN2O3S. The van der Waals surface area contributed by atoms with Gasteiger partial charge < -0.3 is 15.3 Å². The van der Waals surface area contributed by atoms with Crippen molar-refractivity contribution in [2.24, 2.45) is 5.92 Å². The van der Waals surface area contributed by atoms with Crippen LogP contribution in [0.25, 0.3) is 0 Å². The summed E-state index contributed by atoms with van der Waals surface area (Å²) in [7, 11) is 0. The molecule has 104 valence electrons. The number of aliphatic carboxylic acids is 1. The molecule has 2 heterocycles. The van der Waals surface area contributed by atoms with E-state index in [0.29, 0.717) is 32.5 Å². The number of piperidine rings is 1. The summed E-state index contributed by atoms with van der Waals surface area (Å²) < 4.78 is 1.02. The summed E-state index contributed by atoms with van der Waals surface area (Å²) in [5.74, 6) is -1.07. The Morgan fingerprint density at radius 3 is 2.68 bits per heavy atom. The number of hydrogen-bond donors (Lipinski definition) is 2. The summed E-state index contributed by atoms with van der Waals surface area (Å²) in [6.07, 6.45) is 1.07. The van der Waals surface area contributed by atoms with Crippen molar-refractivity contribution in [3.05, 3.63) is 20.8 Å². The highest BCUT2D eigenvalue weighted by atomic mass is 79.9. The van der Waals surface area contributed by atoms with Crippen molar-refractivity contribution in [2.45, 2.75) is 19.4 Å². The Morgan fingerprint density at radius 1 is 1.47 bits per heavy atom. The number of carbonyl (C=O) groups excluding carboxylic acids is 1.